The molecule has 1 aromatic rings. The van der Waals surface area contributed by atoms with E-state index in [-0.39, 0.29) is 0 Å². The lowest BCUT2D eigenvalue weighted by atomic mass is 10.1. The second-order valence-corrected chi connectivity index (χ2v) is 3.33. The Bertz CT molecular complexity index is 421. The fourth-order valence-corrected chi connectivity index (χ4v) is 1.15. The van der Waals surface area contributed by atoms with Crippen molar-refractivity contribution in [1.82, 2.24) is 0 Å². The van der Waals surface area contributed by atoms with E-state index >= 15 is 0 Å². The first kappa shape index (κ1) is 10.9. The molecular weight excluding hydrogens is 217 g/mol. The highest BCUT2D eigenvalue weighted by Crippen LogP contribution is 2.15. The molecule has 14 heavy (non-hydrogen) atoms. The molecule has 0 bridgehead atoms. The average molecular weight is 224 g/mol. The average Bonchev–Trinajstić information content (AvgIpc) is 2.21. The third-order valence-electron chi connectivity index (χ3n) is 1.54. The van der Waals surface area contributed by atoms with Crippen molar-refractivity contribution in [2.45, 2.75) is 6.42 Å². The van der Waals surface area contributed by atoms with E-state index < -0.39 is 0 Å². The van der Waals surface area contributed by atoms with Gasteiger partial charge in [-0.25, -0.2) is 0 Å². The van der Waals surface area contributed by atoms with Gasteiger partial charge in [-0.15, -0.1) is 11.6 Å². The third-order valence-corrected chi connectivity index (χ3v) is 2.06. The zero-order valence-electron chi connectivity index (χ0n) is 7.35. The molecule has 1 nitrogen and oxygen atoms in total. The minimum atomic E-state index is 0.448. The lowest BCUT2D eigenvalue weighted by Gasteiger charge is -1.94. The Kier molecular flexibility index (Phi) is 4.33. The summed E-state index contributed by atoms with van der Waals surface area (Å²) in [7, 11) is 0. The highest BCUT2D eigenvalue weighted by Gasteiger charge is 1.98. The van der Waals surface area contributed by atoms with Crippen molar-refractivity contribution in [3.63, 3.8) is 0 Å². The van der Waals surface area contributed by atoms with Crippen molar-refractivity contribution in [2.24, 2.45) is 0 Å². The summed E-state index contributed by atoms with van der Waals surface area (Å²) in [5.41, 5.74) is 1.24. The molecule has 0 aromatic heterocycles. The van der Waals surface area contributed by atoms with Crippen LogP contribution in [0.4, 0.5) is 0 Å². The maximum atomic E-state index is 8.71. The molecule has 0 aliphatic carbocycles. The van der Waals surface area contributed by atoms with Gasteiger partial charge in [-0.05, 0) is 18.2 Å². The zero-order valence-corrected chi connectivity index (χ0v) is 8.86. The Balaban J connectivity index is 2.93. The van der Waals surface area contributed by atoms with Gasteiger partial charge in [0.25, 0.3) is 0 Å². The molecule has 0 amide bonds. The number of nitriles is 1. The van der Waals surface area contributed by atoms with Crippen LogP contribution in [0.15, 0.2) is 18.2 Å². The first-order valence-corrected chi connectivity index (χ1v) is 4.93. The van der Waals surface area contributed by atoms with E-state index in [1.165, 1.54) is 0 Å². The summed E-state index contributed by atoms with van der Waals surface area (Å²) in [6.45, 7) is 0. The topological polar surface area (TPSA) is 23.8 Å². The standard InChI is InChI=1S/C11H7Cl2N/c12-6-2-1-3-9-4-5-11(13)10(7-9)8-14/h4-5,7H,2,6H2. The molecule has 0 radical (unpaired) electrons. The van der Waals surface area contributed by atoms with Crippen molar-refractivity contribution in [3.05, 3.63) is 34.3 Å². The fourth-order valence-electron chi connectivity index (χ4n) is 0.901. The SMILES string of the molecule is N#Cc1cc(C#CCCCl)ccc1Cl. The van der Waals surface area contributed by atoms with Gasteiger partial charge in [0, 0.05) is 17.9 Å². The first-order valence-electron chi connectivity index (χ1n) is 4.02. The van der Waals surface area contributed by atoms with Gasteiger partial charge in [0.1, 0.15) is 6.07 Å². The Morgan fingerprint density at radius 2 is 2.14 bits per heavy atom. The van der Waals surface area contributed by atoms with E-state index in [2.05, 4.69) is 11.8 Å². The van der Waals surface area contributed by atoms with E-state index in [4.69, 9.17) is 28.5 Å². The van der Waals surface area contributed by atoms with Gasteiger partial charge in [0.2, 0.25) is 0 Å². The van der Waals surface area contributed by atoms with Crippen molar-refractivity contribution in [1.29, 1.82) is 5.26 Å². The monoisotopic (exact) mass is 223 g/mol. The van der Waals surface area contributed by atoms with E-state index in [1.54, 1.807) is 18.2 Å². The maximum absolute atomic E-state index is 8.71. The number of alkyl halides is 1. The highest BCUT2D eigenvalue weighted by molar-refractivity contribution is 6.31. The molecule has 0 aliphatic heterocycles. The summed E-state index contributed by atoms with van der Waals surface area (Å²) in [5, 5.41) is 9.16. The van der Waals surface area contributed by atoms with Gasteiger partial charge in [-0.1, -0.05) is 23.4 Å². The lowest BCUT2D eigenvalue weighted by Crippen LogP contribution is -1.80. The predicted octanol–water partition coefficient (Wildman–Crippen LogP) is 3.19. The molecule has 0 N–H and O–H groups in total. The van der Waals surface area contributed by atoms with Crippen LogP contribution >= 0.6 is 23.2 Å². The molecule has 0 saturated carbocycles. The third kappa shape index (κ3) is 2.96. The Hall–Kier alpha value is -1.15. The van der Waals surface area contributed by atoms with Gasteiger partial charge in [0.05, 0.1) is 10.6 Å². The Morgan fingerprint density at radius 1 is 1.36 bits per heavy atom. The minimum Gasteiger partial charge on any atom is -0.192 e. The zero-order chi connectivity index (χ0) is 10.4. The molecule has 0 unspecified atom stereocenters. The van der Waals surface area contributed by atoms with Crippen molar-refractivity contribution in [3.8, 4) is 17.9 Å². The molecule has 0 spiro atoms. The molecule has 1 rings (SSSR count). The molecule has 1 aromatic carbocycles. The molecule has 3 heteroatoms. The van der Waals surface area contributed by atoms with Crippen LogP contribution in [0.2, 0.25) is 5.02 Å². The summed E-state index contributed by atoms with van der Waals surface area (Å²) < 4.78 is 0. The summed E-state index contributed by atoms with van der Waals surface area (Å²) >= 11 is 11.2. The summed E-state index contributed by atoms with van der Waals surface area (Å²) in [6.07, 6.45) is 0.645. The molecule has 0 fully saturated rings. The molecule has 0 saturated heterocycles. The van der Waals surface area contributed by atoms with Crippen LogP contribution in [0, 0.1) is 23.2 Å². The van der Waals surface area contributed by atoms with E-state index in [0.717, 1.165) is 5.56 Å². The normalized spacial score (nSPS) is 8.64. The largest absolute Gasteiger partial charge is 0.192 e. The van der Waals surface area contributed by atoms with Gasteiger partial charge in [0.15, 0.2) is 0 Å². The van der Waals surface area contributed by atoms with Crippen LogP contribution in [0.1, 0.15) is 17.5 Å². The quantitative estimate of drug-likeness (QED) is 0.530. The molecule has 0 heterocycles. The molecule has 70 valence electrons. The van der Waals surface area contributed by atoms with Crippen molar-refractivity contribution in [2.75, 3.05) is 5.88 Å². The molecule has 0 aliphatic rings. The predicted molar refractivity (Wildman–Crippen MR) is 58.4 cm³/mol. The molecule has 0 atom stereocenters. The number of nitrogens with zero attached hydrogens (tertiary/aromatic N) is 1. The second kappa shape index (κ2) is 5.55. The van der Waals surface area contributed by atoms with Crippen molar-refractivity contribution >= 4 is 23.2 Å². The summed E-state index contributed by atoms with van der Waals surface area (Å²) in [4.78, 5) is 0. The fraction of sp³-hybridized carbons (Fsp3) is 0.182. The number of benzene rings is 1. The summed E-state index contributed by atoms with van der Waals surface area (Å²) in [6, 6.07) is 7.12. The van der Waals surface area contributed by atoms with E-state index in [9.17, 15) is 0 Å². The minimum absolute atomic E-state index is 0.448. The highest BCUT2D eigenvalue weighted by atomic mass is 35.5. The smallest absolute Gasteiger partial charge is 0.101 e. The number of halogens is 2. The van der Waals surface area contributed by atoms with Gasteiger partial charge < -0.3 is 0 Å². The van der Waals surface area contributed by atoms with Crippen LogP contribution in [-0.4, -0.2) is 5.88 Å². The van der Waals surface area contributed by atoms with Crippen LogP contribution in [-0.2, 0) is 0 Å². The number of hydrogen-bond donors (Lipinski definition) is 0. The molecular formula is C11H7Cl2N. The second-order valence-electron chi connectivity index (χ2n) is 2.55. The van der Waals surface area contributed by atoms with Crippen LogP contribution < -0.4 is 0 Å². The maximum Gasteiger partial charge on any atom is 0.101 e. The number of hydrogen-bond acceptors (Lipinski definition) is 1. The van der Waals surface area contributed by atoms with Gasteiger partial charge in [-0.3, -0.25) is 0 Å². The van der Waals surface area contributed by atoms with Crippen molar-refractivity contribution < 1.29 is 0 Å². The Morgan fingerprint density at radius 3 is 2.79 bits per heavy atom. The number of rotatable bonds is 1. The first-order chi connectivity index (χ1) is 6.77. The lowest BCUT2D eigenvalue weighted by molar-refractivity contribution is 1.29. The van der Waals surface area contributed by atoms with Gasteiger partial charge in [-0.2, -0.15) is 5.26 Å². The van der Waals surface area contributed by atoms with Gasteiger partial charge >= 0.3 is 0 Å². The summed E-state index contributed by atoms with van der Waals surface area (Å²) in [5.74, 6) is 6.31. The van der Waals surface area contributed by atoms with E-state index in [1.807, 2.05) is 6.07 Å². The van der Waals surface area contributed by atoms with Crippen LogP contribution in [0.25, 0.3) is 0 Å². The van der Waals surface area contributed by atoms with E-state index in [0.29, 0.717) is 22.9 Å². The van der Waals surface area contributed by atoms with Crippen LogP contribution in [0.3, 0.4) is 0 Å². The Labute approximate surface area is 93.3 Å². The van der Waals surface area contributed by atoms with Crippen LogP contribution in [0.5, 0.6) is 0 Å².